The predicted octanol–water partition coefficient (Wildman–Crippen LogP) is 3.08. The first-order valence-electron chi connectivity index (χ1n) is 6.35. The number of halogens is 1. The molecule has 108 valence electrons. The summed E-state index contributed by atoms with van der Waals surface area (Å²) in [4.78, 5) is 8.50. The molecule has 3 rings (SSSR count). The highest BCUT2D eigenvalue weighted by atomic mass is 35.5. The molecule has 6 nitrogen and oxygen atoms in total. The second-order valence-corrected chi connectivity index (χ2v) is 5.02. The van der Waals surface area contributed by atoms with E-state index in [2.05, 4.69) is 20.4 Å². The zero-order valence-electron chi connectivity index (χ0n) is 11.9. The second-order valence-electron chi connectivity index (χ2n) is 4.68. The highest BCUT2D eigenvalue weighted by Gasteiger charge is 2.11. The molecule has 2 aromatic heterocycles. The maximum Gasteiger partial charge on any atom is 0.224 e. The first-order chi connectivity index (χ1) is 10.1. The van der Waals surface area contributed by atoms with Gasteiger partial charge in [-0.05, 0) is 36.2 Å². The number of nitrogens with zero attached hydrogens (tertiary/aromatic N) is 4. The van der Waals surface area contributed by atoms with Gasteiger partial charge in [0.05, 0.1) is 12.6 Å². The number of aromatic nitrogens is 4. The molecule has 3 aromatic rings. The molecule has 0 amide bonds. The number of anilines is 2. The Morgan fingerprint density at radius 1 is 1.29 bits per heavy atom. The number of methoxy groups -OCH3 is 1. The summed E-state index contributed by atoms with van der Waals surface area (Å²) in [5, 5.41) is 8.44. The molecule has 0 spiro atoms. The van der Waals surface area contributed by atoms with Crippen LogP contribution in [0.3, 0.4) is 0 Å². The van der Waals surface area contributed by atoms with Crippen LogP contribution in [0.25, 0.3) is 10.9 Å². The minimum atomic E-state index is 0.186. The van der Waals surface area contributed by atoms with Crippen molar-refractivity contribution in [1.29, 1.82) is 0 Å². The van der Waals surface area contributed by atoms with Crippen LogP contribution in [0.1, 0.15) is 5.56 Å². The number of fused-ring (bicyclic) bond motifs is 1. The van der Waals surface area contributed by atoms with Gasteiger partial charge in [-0.2, -0.15) is 10.1 Å². The Kier molecular flexibility index (Phi) is 3.39. The molecule has 1 aromatic carbocycles. The molecule has 1 N–H and O–H groups in total. The number of hydrogen-bond acceptors (Lipinski definition) is 5. The molecule has 0 bridgehead atoms. The van der Waals surface area contributed by atoms with Gasteiger partial charge in [-0.25, -0.2) is 4.98 Å². The monoisotopic (exact) mass is 303 g/mol. The van der Waals surface area contributed by atoms with Gasteiger partial charge >= 0.3 is 0 Å². The van der Waals surface area contributed by atoms with Gasteiger partial charge < -0.3 is 10.1 Å². The number of nitrogens with one attached hydrogen (secondary N) is 1. The Labute approximate surface area is 126 Å². The van der Waals surface area contributed by atoms with E-state index in [4.69, 9.17) is 16.3 Å². The minimum Gasteiger partial charge on any atom is -0.496 e. The standard InChI is InChI=1S/C14H14ClN5O/c1-8-6-10-9(7-11(8)21-3)13(18-14(15)16-10)17-12-4-5-20(2)19-12/h4-7H,1-3H3,(H,16,17,18,19). The van der Waals surface area contributed by atoms with E-state index < -0.39 is 0 Å². The summed E-state index contributed by atoms with van der Waals surface area (Å²) in [5.74, 6) is 2.06. The Balaban J connectivity index is 2.15. The first-order valence-corrected chi connectivity index (χ1v) is 6.73. The highest BCUT2D eigenvalue weighted by Crippen LogP contribution is 2.30. The fraction of sp³-hybridized carbons (Fsp3) is 0.214. The van der Waals surface area contributed by atoms with Crippen LogP contribution in [-0.2, 0) is 7.05 Å². The molecule has 7 heteroatoms. The van der Waals surface area contributed by atoms with Crippen molar-refractivity contribution in [3.63, 3.8) is 0 Å². The van der Waals surface area contributed by atoms with E-state index in [1.54, 1.807) is 11.8 Å². The molecule has 21 heavy (non-hydrogen) atoms. The average molecular weight is 304 g/mol. The zero-order chi connectivity index (χ0) is 15.0. The number of rotatable bonds is 3. The number of hydrogen-bond donors (Lipinski definition) is 1. The van der Waals surface area contributed by atoms with Crippen molar-refractivity contribution >= 4 is 34.1 Å². The van der Waals surface area contributed by atoms with Crippen LogP contribution in [0.4, 0.5) is 11.6 Å². The van der Waals surface area contributed by atoms with Crippen molar-refractivity contribution in [2.75, 3.05) is 12.4 Å². The SMILES string of the molecule is COc1cc2c(Nc3ccn(C)n3)nc(Cl)nc2cc1C. The molecule has 0 saturated heterocycles. The van der Waals surface area contributed by atoms with E-state index in [-0.39, 0.29) is 5.28 Å². The van der Waals surface area contributed by atoms with Crippen molar-refractivity contribution in [3.05, 3.63) is 35.2 Å². The fourth-order valence-electron chi connectivity index (χ4n) is 2.15. The lowest BCUT2D eigenvalue weighted by molar-refractivity contribution is 0.412. The molecular weight excluding hydrogens is 290 g/mol. The molecule has 2 heterocycles. The summed E-state index contributed by atoms with van der Waals surface area (Å²) in [5.41, 5.74) is 1.75. The highest BCUT2D eigenvalue weighted by molar-refractivity contribution is 6.28. The first kappa shape index (κ1) is 13.6. The number of aryl methyl sites for hydroxylation is 2. The summed E-state index contributed by atoms with van der Waals surface area (Å²) < 4.78 is 7.06. The van der Waals surface area contributed by atoms with E-state index in [0.29, 0.717) is 11.6 Å². The van der Waals surface area contributed by atoms with Crippen LogP contribution >= 0.6 is 11.6 Å². The van der Waals surface area contributed by atoms with Gasteiger partial charge in [-0.15, -0.1) is 0 Å². The summed E-state index contributed by atoms with van der Waals surface area (Å²) in [6.07, 6.45) is 1.85. The van der Waals surface area contributed by atoms with Crippen LogP contribution in [0, 0.1) is 6.92 Å². The summed E-state index contributed by atoms with van der Waals surface area (Å²) in [7, 11) is 3.49. The normalized spacial score (nSPS) is 10.9. The van der Waals surface area contributed by atoms with E-state index in [1.165, 1.54) is 0 Å². The third-order valence-corrected chi connectivity index (χ3v) is 3.31. The van der Waals surface area contributed by atoms with Crippen LogP contribution < -0.4 is 10.1 Å². The maximum absolute atomic E-state index is 6.00. The largest absolute Gasteiger partial charge is 0.496 e. The third kappa shape index (κ3) is 2.62. The zero-order valence-corrected chi connectivity index (χ0v) is 12.6. The topological polar surface area (TPSA) is 64.9 Å². The van der Waals surface area contributed by atoms with Crippen LogP contribution in [0.15, 0.2) is 24.4 Å². The summed E-state index contributed by atoms with van der Waals surface area (Å²) >= 11 is 6.00. The molecule has 0 fully saturated rings. The van der Waals surface area contributed by atoms with Gasteiger partial charge in [-0.3, -0.25) is 4.68 Å². The van der Waals surface area contributed by atoms with Crippen molar-refractivity contribution in [1.82, 2.24) is 19.7 Å². The molecular formula is C14H14ClN5O. The molecule has 0 atom stereocenters. The number of benzene rings is 1. The fourth-order valence-corrected chi connectivity index (χ4v) is 2.33. The Morgan fingerprint density at radius 3 is 2.76 bits per heavy atom. The van der Waals surface area contributed by atoms with Gasteiger partial charge in [0, 0.05) is 24.7 Å². The van der Waals surface area contributed by atoms with E-state index in [9.17, 15) is 0 Å². The smallest absolute Gasteiger partial charge is 0.224 e. The maximum atomic E-state index is 6.00. The predicted molar refractivity (Wildman–Crippen MR) is 82.3 cm³/mol. The van der Waals surface area contributed by atoms with E-state index in [0.717, 1.165) is 22.2 Å². The number of ether oxygens (including phenoxy) is 1. The molecule has 0 radical (unpaired) electrons. The second kappa shape index (κ2) is 5.21. The summed E-state index contributed by atoms with van der Waals surface area (Å²) in [6, 6.07) is 5.67. The van der Waals surface area contributed by atoms with Crippen molar-refractivity contribution in [2.45, 2.75) is 6.92 Å². The third-order valence-electron chi connectivity index (χ3n) is 3.15. The van der Waals surface area contributed by atoms with Crippen molar-refractivity contribution < 1.29 is 4.74 Å². The molecule has 0 unspecified atom stereocenters. The Bertz CT molecular complexity index is 814. The van der Waals surface area contributed by atoms with Crippen molar-refractivity contribution in [2.24, 2.45) is 7.05 Å². The molecule has 0 aliphatic rings. The van der Waals surface area contributed by atoms with E-state index >= 15 is 0 Å². The lowest BCUT2D eigenvalue weighted by Gasteiger charge is -2.10. The molecule has 0 saturated carbocycles. The van der Waals surface area contributed by atoms with Gasteiger partial charge in [-0.1, -0.05) is 0 Å². The lowest BCUT2D eigenvalue weighted by Crippen LogP contribution is -2.00. The van der Waals surface area contributed by atoms with Gasteiger partial charge in [0.2, 0.25) is 5.28 Å². The average Bonchev–Trinajstić information content (AvgIpc) is 2.83. The lowest BCUT2D eigenvalue weighted by atomic mass is 10.1. The van der Waals surface area contributed by atoms with Gasteiger partial charge in [0.1, 0.15) is 11.6 Å². The van der Waals surface area contributed by atoms with Gasteiger partial charge in [0.15, 0.2) is 5.82 Å². The summed E-state index contributed by atoms with van der Waals surface area (Å²) in [6.45, 7) is 1.96. The van der Waals surface area contributed by atoms with E-state index in [1.807, 2.05) is 38.4 Å². The van der Waals surface area contributed by atoms with Crippen LogP contribution in [0.5, 0.6) is 5.75 Å². The van der Waals surface area contributed by atoms with Crippen LogP contribution in [-0.4, -0.2) is 26.9 Å². The molecule has 0 aliphatic carbocycles. The minimum absolute atomic E-state index is 0.186. The Hall–Kier alpha value is -2.34. The van der Waals surface area contributed by atoms with Crippen LogP contribution in [0.2, 0.25) is 5.28 Å². The Morgan fingerprint density at radius 2 is 2.10 bits per heavy atom. The quantitative estimate of drug-likeness (QED) is 0.753. The molecule has 0 aliphatic heterocycles. The van der Waals surface area contributed by atoms with Crippen molar-refractivity contribution in [3.8, 4) is 5.75 Å². The van der Waals surface area contributed by atoms with Gasteiger partial charge in [0.25, 0.3) is 0 Å².